The highest BCUT2D eigenvalue weighted by Gasteiger charge is 2.20. The van der Waals surface area contributed by atoms with E-state index in [9.17, 15) is 0 Å². The summed E-state index contributed by atoms with van der Waals surface area (Å²) in [4.78, 5) is 25.0. The van der Waals surface area contributed by atoms with E-state index in [1.165, 1.54) is 38.5 Å². The van der Waals surface area contributed by atoms with Crippen LogP contribution >= 0.6 is 0 Å². The maximum absolute atomic E-state index is 8.35. The fourth-order valence-corrected chi connectivity index (χ4v) is 3.32. The minimum absolute atomic E-state index is 0.750. The summed E-state index contributed by atoms with van der Waals surface area (Å²) in [6, 6.07) is 0. The second kappa shape index (κ2) is 19.1. The van der Waals surface area contributed by atoms with Gasteiger partial charge in [0.2, 0.25) is 18.2 Å². The smallest absolute Gasteiger partial charge is 0.222 e. The summed E-state index contributed by atoms with van der Waals surface area (Å²) in [6.07, 6.45) is 19.2. The maximum atomic E-state index is 8.35. The Bertz CT molecular complexity index is 297. The van der Waals surface area contributed by atoms with Crippen LogP contribution in [0, 0.1) is 28.1 Å². The van der Waals surface area contributed by atoms with Crippen molar-refractivity contribution < 1.29 is 14.4 Å². The van der Waals surface area contributed by atoms with Crippen molar-refractivity contribution in [3.05, 3.63) is 0 Å². The van der Waals surface area contributed by atoms with Crippen molar-refractivity contribution in [2.24, 2.45) is 11.8 Å². The average molecular weight is 309 g/mol. The van der Waals surface area contributed by atoms with E-state index < -0.39 is 0 Å². The van der Waals surface area contributed by atoms with Crippen molar-refractivity contribution in [3.63, 3.8) is 0 Å². The first-order chi connectivity index (χ1) is 10.7. The van der Waals surface area contributed by atoms with Gasteiger partial charge >= 0.3 is 0 Å². The van der Waals surface area contributed by atoms with Crippen LogP contribution in [-0.4, -0.2) is 18.2 Å². The third-order valence-electron chi connectivity index (χ3n) is 4.12. The minimum Gasteiger partial charge on any atom is -0.222 e. The topological polar surface area (TPSA) is 123 Å². The van der Waals surface area contributed by atoms with Gasteiger partial charge in [0, 0.05) is 0 Å². The molecule has 22 heavy (non-hydrogen) atoms. The first-order valence-corrected chi connectivity index (χ1v) is 7.81. The number of rotatable bonds is 2. The molecule has 0 amide bonds. The van der Waals surface area contributed by atoms with E-state index in [1.807, 2.05) is 0 Å². The standard InChI is InChI=1S/C13H24.3CHNO/c1-3-7-12(8-4-1)11-13-9-5-2-6-10-13;3*2-1-3/h12-13H,1-11H2;3*2H. The first kappa shape index (κ1) is 22.4. The van der Waals surface area contributed by atoms with Crippen LogP contribution in [0.25, 0.3) is 0 Å². The Hall–Kier alpha value is -1.86. The fourth-order valence-electron chi connectivity index (χ4n) is 3.32. The van der Waals surface area contributed by atoms with Gasteiger partial charge in [0.1, 0.15) is 0 Å². The number of nitrogens with one attached hydrogen (secondary N) is 3. The number of hydrogen-bond acceptors (Lipinski definition) is 6. The predicted octanol–water partition coefficient (Wildman–Crippen LogP) is 4.24. The van der Waals surface area contributed by atoms with E-state index in [-0.39, 0.29) is 0 Å². The zero-order valence-corrected chi connectivity index (χ0v) is 13.2. The Labute approximate surface area is 132 Å². The number of carbonyl (C=O) groups excluding carboxylic acids is 3. The zero-order chi connectivity index (χ0) is 17.1. The van der Waals surface area contributed by atoms with Crippen LogP contribution in [0.1, 0.15) is 70.6 Å². The van der Waals surface area contributed by atoms with Crippen molar-refractivity contribution >= 4 is 18.2 Å². The van der Waals surface area contributed by atoms with Gasteiger partial charge in [0.05, 0.1) is 0 Å². The van der Waals surface area contributed by atoms with Crippen molar-refractivity contribution in [1.29, 1.82) is 16.2 Å². The zero-order valence-electron chi connectivity index (χ0n) is 13.2. The molecule has 0 atom stereocenters. The summed E-state index contributed by atoms with van der Waals surface area (Å²) in [6.45, 7) is 0. The summed E-state index contributed by atoms with van der Waals surface area (Å²) in [5.74, 6) is 2.24. The lowest BCUT2D eigenvalue weighted by Gasteiger charge is -2.28. The van der Waals surface area contributed by atoms with E-state index >= 15 is 0 Å². The molecule has 0 aromatic rings. The van der Waals surface area contributed by atoms with Crippen molar-refractivity contribution in [3.8, 4) is 0 Å². The molecule has 0 aliphatic heterocycles. The van der Waals surface area contributed by atoms with Crippen LogP contribution in [-0.2, 0) is 14.4 Å². The van der Waals surface area contributed by atoms with Gasteiger partial charge in [-0.25, -0.2) is 30.6 Å². The van der Waals surface area contributed by atoms with Crippen LogP contribution in [0.2, 0.25) is 0 Å². The molecule has 6 nitrogen and oxygen atoms in total. The SMILES string of the molecule is C1CCC(CC2CCCCC2)CC1.N=C=O.N=C=O.N=C=O. The second-order valence-corrected chi connectivity index (χ2v) is 5.55. The molecular formula is C16H27N3O3. The highest BCUT2D eigenvalue weighted by molar-refractivity contribution is 5.26. The van der Waals surface area contributed by atoms with Gasteiger partial charge in [-0.1, -0.05) is 64.2 Å². The van der Waals surface area contributed by atoms with Crippen molar-refractivity contribution in [2.75, 3.05) is 0 Å². The molecule has 0 saturated heterocycles. The van der Waals surface area contributed by atoms with Crippen LogP contribution in [0.3, 0.4) is 0 Å². The molecule has 0 bridgehead atoms. The van der Waals surface area contributed by atoms with Crippen LogP contribution < -0.4 is 0 Å². The molecule has 2 fully saturated rings. The quantitative estimate of drug-likeness (QED) is 0.522. The Kier molecular flexibility index (Phi) is 19.5. The monoisotopic (exact) mass is 309 g/mol. The lowest BCUT2D eigenvalue weighted by Crippen LogP contribution is -2.14. The third kappa shape index (κ3) is 16.2. The van der Waals surface area contributed by atoms with E-state index in [2.05, 4.69) is 0 Å². The van der Waals surface area contributed by atoms with Gasteiger partial charge in [-0.2, -0.15) is 0 Å². The molecule has 0 unspecified atom stereocenters. The summed E-state index contributed by atoms with van der Waals surface area (Å²) >= 11 is 0. The highest BCUT2D eigenvalue weighted by atomic mass is 16.1. The van der Waals surface area contributed by atoms with E-state index in [1.54, 1.807) is 32.1 Å². The summed E-state index contributed by atoms with van der Waals surface area (Å²) in [5.41, 5.74) is 0. The molecule has 0 aromatic heterocycles. The lowest BCUT2D eigenvalue weighted by molar-refractivity contribution is 0.244. The van der Waals surface area contributed by atoms with Crippen molar-refractivity contribution in [1.82, 2.24) is 0 Å². The van der Waals surface area contributed by atoms with Gasteiger partial charge in [-0.15, -0.1) is 0 Å². The van der Waals surface area contributed by atoms with Crippen LogP contribution in [0.15, 0.2) is 0 Å². The van der Waals surface area contributed by atoms with Gasteiger partial charge in [0.25, 0.3) is 0 Å². The molecule has 2 rings (SSSR count). The molecule has 6 heteroatoms. The molecule has 0 heterocycles. The molecule has 0 radical (unpaired) electrons. The predicted molar refractivity (Wildman–Crippen MR) is 83.0 cm³/mol. The molecule has 0 aromatic carbocycles. The second-order valence-electron chi connectivity index (χ2n) is 5.55. The molecule has 2 aliphatic carbocycles. The van der Waals surface area contributed by atoms with Gasteiger partial charge in [-0.3, -0.25) is 0 Å². The van der Waals surface area contributed by atoms with E-state index in [0.29, 0.717) is 0 Å². The molecule has 2 saturated carbocycles. The fraction of sp³-hybridized carbons (Fsp3) is 0.812. The van der Waals surface area contributed by atoms with Gasteiger partial charge < -0.3 is 0 Å². The van der Waals surface area contributed by atoms with Crippen LogP contribution in [0.5, 0.6) is 0 Å². The Morgan fingerprint density at radius 2 is 0.818 bits per heavy atom. The molecule has 3 N–H and O–H groups in total. The van der Waals surface area contributed by atoms with Crippen molar-refractivity contribution in [2.45, 2.75) is 70.6 Å². The Balaban J connectivity index is 0. The average Bonchev–Trinajstić information content (AvgIpc) is 2.52. The molecule has 2 aliphatic rings. The molecule has 0 spiro atoms. The van der Waals surface area contributed by atoms with E-state index in [0.717, 1.165) is 30.1 Å². The lowest BCUT2D eigenvalue weighted by atomic mass is 9.78. The summed E-state index contributed by atoms with van der Waals surface area (Å²) < 4.78 is 0. The third-order valence-corrected chi connectivity index (χ3v) is 4.12. The minimum atomic E-state index is 0.750. The van der Waals surface area contributed by atoms with Crippen LogP contribution in [0.4, 0.5) is 0 Å². The molecule has 124 valence electrons. The maximum Gasteiger partial charge on any atom is 0.231 e. The van der Waals surface area contributed by atoms with E-state index in [4.69, 9.17) is 30.6 Å². The summed E-state index contributed by atoms with van der Waals surface area (Å²) in [5, 5.41) is 16.2. The first-order valence-electron chi connectivity index (χ1n) is 7.81. The van der Waals surface area contributed by atoms with Gasteiger partial charge in [-0.05, 0) is 18.3 Å². The number of hydrogen-bond donors (Lipinski definition) is 3. The Morgan fingerprint density at radius 1 is 0.591 bits per heavy atom. The highest BCUT2D eigenvalue weighted by Crippen LogP contribution is 2.34. The number of isocyanates is 3. The Morgan fingerprint density at radius 3 is 1.05 bits per heavy atom. The largest absolute Gasteiger partial charge is 0.231 e. The normalized spacial score (nSPS) is 17.5. The molecular weight excluding hydrogens is 282 g/mol. The summed E-state index contributed by atoms with van der Waals surface area (Å²) in [7, 11) is 0. The van der Waals surface area contributed by atoms with Gasteiger partial charge in [0.15, 0.2) is 0 Å².